The average molecular weight is 500 g/mol. The van der Waals surface area contributed by atoms with Gasteiger partial charge in [-0.05, 0) is 69.5 Å². The average Bonchev–Trinajstić information content (AvgIpc) is 2.77. The number of halogens is 3. The Hall–Kier alpha value is -3.77. The highest BCUT2D eigenvalue weighted by Crippen LogP contribution is 2.36. The number of carbonyl (C=O) groups is 1. The Bertz CT molecular complexity index is 1230. The minimum atomic E-state index is -0.819. The minimum Gasteiger partial charge on any atom is -0.493 e. The first kappa shape index (κ1) is 22.9. The molecular formula is C23H16BrF2N3O3. The van der Waals surface area contributed by atoms with Crippen molar-refractivity contribution in [1.29, 1.82) is 5.26 Å². The second-order valence-electron chi connectivity index (χ2n) is 6.46. The molecule has 9 heteroatoms. The zero-order valence-electron chi connectivity index (χ0n) is 16.7. The molecule has 0 aromatic heterocycles. The first-order valence-corrected chi connectivity index (χ1v) is 9.98. The van der Waals surface area contributed by atoms with E-state index in [0.717, 1.165) is 6.07 Å². The van der Waals surface area contributed by atoms with Crippen LogP contribution in [0.5, 0.6) is 11.5 Å². The monoisotopic (exact) mass is 499 g/mol. The standard InChI is InChI=1S/C23H16BrF2N3O3/c1-31-21-10-16(8-19(24)22(21)32-13-15-3-2-4-17(25)7-15)12-28-29-23(30)18-6-5-14(11-27)9-20(18)26/h2-10,12H,13H2,1H3,(H,29,30)/b28-12-. The normalized spacial score (nSPS) is 10.6. The smallest absolute Gasteiger partial charge is 0.274 e. The fraction of sp³-hybridized carbons (Fsp3) is 0.0870. The van der Waals surface area contributed by atoms with Crippen LogP contribution in [0.3, 0.4) is 0 Å². The highest BCUT2D eigenvalue weighted by Gasteiger charge is 2.13. The number of hydrogen-bond acceptors (Lipinski definition) is 5. The van der Waals surface area contributed by atoms with Crippen LogP contribution < -0.4 is 14.9 Å². The highest BCUT2D eigenvalue weighted by molar-refractivity contribution is 9.10. The molecule has 0 aliphatic carbocycles. The summed E-state index contributed by atoms with van der Waals surface area (Å²) < 4.78 is 39.0. The van der Waals surface area contributed by atoms with E-state index in [9.17, 15) is 13.6 Å². The van der Waals surface area contributed by atoms with Crippen molar-refractivity contribution < 1.29 is 23.0 Å². The Morgan fingerprint density at radius 3 is 2.72 bits per heavy atom. The van der Waals surface area contributed by atoms with Crippen molar-refractivity contribution in [2.75, 3.05) is 7.11 Å². The third-order valence-corrected chi connectivity index (χ3v) is 4.84. The van der Waals surface area contributed by atoms with E-state index in [4.69, 9.17) is 14.7 Å². The molecule has 3 aromatic carbocycles. The van der Waals surface area contributed by atoms with Gasteiger partial charge in [-0.2, -0.15) is 10.4 Å². The van der Waals surface area contributed by atoms with Crippen molar-refractivity contribution in [3.8, 4) is 17.6 Å². The number of hydrazone groups is 1. The van der Waals surface area contributed by atoms with E-state index in [-0.39, 0.29) is 23.6 Å². The molecule has 0 fully saturated rings. The number of methoxy groups -OCH3 is 1. The van der Waals surface area contributed by atoms with Crippen LogP contribution in [0, 0.1) is 23.0 Å². The topological polar surface area (TPSA) is 83.7 Å². The van der Waals surface area contributed by atoms with E-state index in [1.807, 2.05) is 0 Å². The molecule has 32 heavy (non-hydrogen) atoms. The summed E-state index contributed by atoms with van der Waals surface area (Å²) in [6.45, 7) is 0.131. The maximum atomic E-state index is 13.9. The van der Waals surface area contributed by atoms with E-state index in [2.05, 4.69) is 26.5 Å². The summed E-state index contributed by atoms with van der Waals surface area (Å²) in [5, 5.41) is 12.6. The molecule has 0 aliphatic heterocycles. The summed E-state index contributed by atoms with van der Waals surface area (Å²) in [4.78, 5) is 12.1. The van der Waals surface area contributed by atoms with Gasteiger partial charge in [0.25, 0.3) is 5.91 Å². The Balaban J connectivity index is 1.70. The second-order valence-corrected chi connectivity index (χ2v) is 7.31. The van der Waals surface area contributed by atoms with Gasteiger partial charge in [0, 0.05) is 0 Å². The number of nitrogens with zero attached hydrogens (tertiary/aromatic N) is 2. The zero-order chi connectivity index (χ0) is 23.1. The molecule has 1 N–H and O–H groups in total. The summed E-state index contributed by atoms with van der Waals surface area (Å²) in [7, 11) is 1.47. The molecule has 1 amide bonds. The Kier molecular flexibility index (Phi) is 7.52. The molecule has 3 rings (SSSR count). The Morgan fingerprint density at radius 2 is 2.03 bits per heavy atom. The fourth-order valence-electron chi connectivity index (χ4n) is 2.73. The number of rotatable bonds is 7. The first-order chi connectivity index (χ1) is 15.4. The molecule has 0 bridgehead atoms. The molecule has 0 radical (unpaired) electrons. The maximum absolute atomic E-state index is 13.9. The lowest BCUT2D eigenvalue weighted by Crippen LogP contribution is -2.19. The molecule has 3 aromatic rings. The van der Waals surface area contributed by atoms with Gasteiger partial charge in [0.05, 0.1) is 35.0 Å². The van der Waals surface area contributed by atoms with E-state index in [1.165, 1.54) is 37.6 Å². The molecule has 0 saturated heterocycles. The molecule has 0 saturated carbocycles. The van der Waals surface area contributed by atoms with Gasteiger partial charge in [0.2, 0.25) is 0 Å². The highest BCUT2D eigenvalue weighted by atomic mass is 79.9. The summed E-state index contributed by atoms with van der Waals surface area (Å²) in [5.74, 6) is -1.13. The van der Waals surface area contributed by atoms with Gasteiger partial charge < -0.3 is 9.47 Å². The molecular weight excluding hydrogens is 484 g/mol. The van der Waals surface area contributed by atoms with Crippen LogP contribution in [-0.4, -0.2) is 19.2 Å². The van der Waals surface area contributed by atoms with E-state index in [1.54, 1.807) is 30.3 Å². The first-order valence-electron chi connectivity index (χ1n) is 9.19. The SMILES string of the molecule is COc1cc(/C=N\NC(=O)c2ccc(C#N)cc2F)cc(Br)c1OCc1cccc(F)c1. The number of hydrogen-bond donors (Lipinski definition) is 1. The molecule has 0 unspecified atom stereocenters. The number of amides is 1. The Morgan fingerprint density at radius 1 is 1.22 bits per heavy atom. The summed E-state index contributed by atoms with van der Waals surface area (Å²) in [5.41, 5.74) is 3.33. The van der Waals surface area contributed by atoms with Crippen molar-refractivity contribution in [1.82, 2.24) is 5.43 Å². The van der Waals surface area contributed by atoms with Crippen LogP contribution in [0.2, 0.25) is 0 Å². The van der Waals surface area contributed by atoms with Gasteiger partial charge in [0.1, 0.15) is 18.2 Å². The summed E-state index contributed by atoms with van der Waals surface area (Å²) in [6.07, 6.45) is 1.35. The van der Waals surface area contributed by atoms with Gasteiger partial charge in [-0.25, -0.2) is 14.2 Å². The number of ether oxygens (including phenoxy) is 2. The van der Waals surface area contributed by atoms with Gasteiger partial charge in [-0.15, -0.1) is 0 Å². The molecule has 162 valence electrons. The van der Waals surface area contributed by atoms with E-state index < -0.39 is 11.7 Å². The van der Waals surface area contributed by atoms with Gasteiger partial charge in [0.15, 0.2) is 11.5 Å². The summed E-state index contributed by atoms with van der Waals surface area (Å²) >= 11 is 3.40. The lowest BCUT2D eigenvalue weighted by Gasteiger charge is -2.13. The predicted molar refractivity (Wildman–Crippen MR) is 118 cm³/mol. The van der Waals surface area contributed by atoms with E-state index >= 15 is 0 Å². The minimum absolute atomic E-state index is 0.110. The van der Waals surface area contributed by atoms with Crippen LogP contribution >= 0.6 is 15.9 Å². The van der Waals surface area contributed by atoms with Gasteiger partial charge in [-0.3, -0.25) is 4.79 Å². The number of benzene rings is 3. The Labute approximate surface area is 191 Å². The maximum Gasteiger partial charge on any atom is 0.274 e. The van der Waals surface area contributed by atoms with Crippen LogP contribution in [0.15, 0.2) is 64.2 Å². The second kappa shape index (κ2) is 10.5. The molecule has 0 heterocycles. The van der Waals surface area contributed by atoms with Crippen molar-refractivity contribution in [3.05, 3.63) is 93.0 Å². The van der Waals surface area contributed by atoms with Gasteiger partial charge in [-0.1, -0.05) is 12.1 Å². The lowest BCUT2D eigenvalue weighted by atomic mass is 10.1. The third-order valence-electron chi connectivity index (χ3n) is 4.25. The largest absolute Gasteiger partial charge is 0.493 e. The van der Waals surface area contributed by atoms with Crippen molar-refractivity contribution in [2.45, 2.75) is 6.61 Å². The third kappa shape index (κ3) is 5.68. The molecule has 6 nitrogen and oxygen atoms in total. The molecule has 0 spiro atoms. The fourth-order valence-corrected chi connectivity index (χ4v) is 3.31. The zero-order valence-corrected chi connectivity index (χ0v) is 18.3. The van der Waals surface area contributed by atoms with Crippen LogP contribution in [-0.2, 0) is 6.61 Å². The summed E-state index contributed by atoms with van der Waals surface area (Å²) in [6, 6.07) is 14.7. The number of carbonyl (C=O) groups excluding carboxylic acids is 1. The van der Waals surface area contributed by atoms with Crippen molar-refractivity contribution in [3.63, 3.8) is 0 Å². The van der Waals surface area contributed by atoms with Crippen LogP contribution in [0.25, 0.3) is 0 Å². The van der Waals surface area contributed by atoms with Crippen molar-refractivity contribution >= 4 is 28.1 Å². The predicted octanol–water partition coefficient (Wildman–Crippen LogP) is 4.95. The van der Waals surface area contributed by atoms with Crippen LogP contribution in [0.1, 0.15) is 27.0 Å². The lowest BCUT2D eigenvalue weighted by molar-refractivity contribution is 0.0951. The molecule has 0 aliphatic rings. The number of nitriles is 1. The molecule has 0 atom stereocenters. The van der Waals surface area contributed by atoms with Crippen LogP contribution in [0.4, 0.5) is 8.78 Å². The quantitative estimate of drug-likeness (QED) is 0.368. The van der Waals surface area contributed by atoms with Crippen molar-refractivity contribution in [2.24, 2.45) is 5.10 Å². The number of nitrogens with one attached hydrogen (secondary N) is 1. The van der Waals surface area contributed by atoms with Gasteiger partial charge >= 0.3 is 0 Å². The van der Waals surface area contributed by atoms with E-state index in [0.29, 0.717) is 27.1 Å².